The van der Waals surface area contributed by atoms with Gasteiger partial charge in [0.25, 0.3) is 0 Å². The first-order chi connectivity index (χ1) is 9.21. The van der Waals surface area contributed by atoms with E-state index >= 15 is 0 Å². The summed E-state index contributed by atoms with van der Waals surface area (Å²) in [4.78, 5) is 4.39. The van der Waals surface area contributed by atoms with Gasteiger partial charge in [-0.15, -0.1) is 0 Å². The van der Waals surface area contributed by atoms with E-state index < -0.39 is 0 Å². The predicted molar refractivity (Wildman–Crippen MR) is 75.1 cm³/mol. The fraction of sp³-hybridized carbons (Fsp3) is 0.312. The third kappa shape index (κ3) is 2.22. The molecule has 0 bridgehead atoms. The maximum Gasteiger partial charge on any atom is 0.119 e. The highest BCUT2D eigenvalue weighted by Crippen LogP contribution is 2.38. The van der Waals surface area contributed by atoms with Crippen LogP contribution in [0.3, 0.4) is 0 Å². The van der Waals surface area contributed by atoms with Gasteiger partial charge < -0.3 is 10.5 Å². The molecule has 2 N–H and O–H groups in total. The monoisotopic (exact) mass is 254 g/mol. The first-order valence-corrected chi connectivity index (χ1v) is 6.57. The largest absolute Gasteiger partial charge is 0.497 e. The standard InChI is InChI=1S/C16H18N2O/c1-19-14-6-5-12-7-8-16(17,15(12)10-14)11-13-4-2-3-9-18-13/h2-6,9-10H,7-8,11,17H2,1H3. The highest BCUT2D eigenvalue weighted by molar-refractivity contribution is 5.44. The van der Waals surface area contributed by atoms with Crippen molar-refractivity contribution in [1.29, 1.82) is 0 Å². The fourth-order valence-corrected chi connectivity index (χ4v) is 2.87. The minimum absolute atomic E-state index is 0.321. The summed E-state index contributed by atoms with van der Waals surface area (Å²) < 4.78 is 5.31. The zero-order chi connectivity index (χ0) is 13.3. The van der Waals surface area contributed by atoms with Crippen LogP contribution in [-0.2, 0) is 18.4 Å². The van der Waals surface area contributed by atoms with Crippen molar-refractivity contribution in [2.75, 3.05) is 7.11 Å². The minimum Gasteiger partial charge on any atom is -0.497 e. The van der Waals surface area contributed by atoms with Gasteiger partial charge in [-0.05, 0) is 48.2 Å². The molecule has 3 nitrogen and oxygen atoms in total. The van der Waals surface area contributed by atoms with E-state index in [-0.39, 0.29) is 5.54 Å². The molecule has 0 fully saturated rings. The normalized spacial score (nSPS) is 21.2. The number of nitrogens with two attached hydrogens (primary N) is 1. The van der Waals surface area contributed by atoms with Crippen LogP contribution in [0.1, 0.15) is 23.2 Å². The summed E-state index contributed by atoms with van der Waals surface area (Å²) in [6.45, 7) is 0. The second-order valence-electron chi connectivity index (χ2n) is 5.18. The molecular weight excluding hydrogens is 236 g/mol. The van der Waals surface area contributed by atoms with E-state index in [0.717, 1.165) is 30.7 Å². The summed E-state index contributed by atoms with van der Waals surface area (Å²) in [5.74, 6) is 0.872. The van der Waals surface area contributed by atoms with Gasteiger partial charge in [0, 0.05) is 23.9 Å². The molecule has 1 heterocycles. The smallest absolute Gasteiger partial charge is 0.119 e. The number of fused-ring (bicyclic) bond motifs is 1. The van der Waals surface area contributed by atoms with Crippen LogP contribution in [0.25, 0.3) is 0 Å². The predicted octanol–water partition coefficient (Wildman–Crippen LogP) is 2.43. The number of hydrogen-bond donors (Lipinski definition) is 1. The number of nitrogens with zero attached hydrogens (tertiary/aromatic N) is 1. The molecule has 0 spiro atoms. The molecule has 19 heavy (non-hydrogen) atoms. The Morgan fingerprint density at radius 2 is 2.21 bits per heavy atom. The summed E-state index contributed by atoms with van der Waals surface area (Å²) in [7, 11) is 1.69. The average molecular weight is 254 g/mol. The third-order valence-corrected chi connectivity index (χ3v) is 3.92. The number of aromatic nitrogens is 1. The highest BCUT2D eigenvalue weighted by Gasteiger charge is 2.35. The summed E-state index contributed by atoms with van der Waals surface area (Å²) in [6.07, 6.45) is 4.59. The maximum atomic E-state index is 6.63. The number of aryl methyl sites for hydroxylation is 1. The lowest BCUT2D eigenvalue weighted by Gasteiger charge is -2.25. The van der Waals surface area contributed by atoms with Crippen molar-refractivity contribution in [3.05, 3.63) is 59.4 Å². The van der Waals surface area contributed by atoms with Gasteiger partial charge in [-0.2, -0.15) is 0 Å². The maximum absolute atomic E-state index is 6.63. The molecule has 98 valence electrons. The first kappa shape index (κ1) is 12.2. The number of ether oxygens (including phenoxy) is 1. The van der Waals surface area contributed by atoms with Gasteiger partial charge in [0.2, 0.25) is 0 Å². The van der Waals surface area contributed by atoms with Gasteiger partial charge in [-0.25, -0.2) is 0 Å². The van der Waals surface area contributed by atoms with E-state index in [1.54, 1.807) is 7.11 Å². The molecular formula is C16H18N2O. The van der Waals surface area contributed by atoms with E-state index in [9.17, 15) is 0 Å². The first-order valence-electron chi connectivity index (χ1n) is 6.57. The molecule has 1 aromatic carbocycles. The van der Waals surface area contributed by atoms with Crippen molar-refractivity contribution in [3.63, 3.8) is 0 Å². The van der Waals surface area contributed by atoms with Gasteiger partial charge >= 0.3 is 0 Å². The number of rotatable bonds is 3. The second kappa shape index (κ2) is 4.67. The molecule has 2 aromatic rings. The number of pyridine rings is 1. The average Bonchev–Trinajstić information content (AvgIpc) is 2.77. The number of benzene rings is 1. The minimum atomic E-state index is -0.321. The van der Waals surface area contributed by atoms with Crippen molar-refractivity contribution >= 4 is 0 Å². The summed E-state index contributed by atoms with van der Waals surface area (Å²) in [5, 5.41) is 0. The van der Waals surface area contributed by atoms with Crippen LogP contribution in [0.5, 0.6) is 5.75 Å². The molecule has 1 atom stereocenters. The van der Waals surface area contributed by atoms with E-state index in [4.69, 9.17) is 10.5 Å². The Kier molecular flexibility index (Phi) is 2.99. The summed E-state index contributed by atoms with van der Waals surface area (Å²) >= 11 is 0. The molecule has 1 aliphatic carbocycles. The Bertz CT molecular complexity index is 583. The van der Waals surface area contributed by atoms with Crippen LogP contribution < -0.4 is 10.5 Å². The van der Waals surface area contributed by atoms with Crippen molar-refractivity contribution in [2.45, 2.75) is 24.8 Å². The third-order valence-electron chi connectivity index (χ3n) is 3.92. The van der Waals surface area contributed by atoms with Gasteiger partial charge in [0.05, 0.1) is 7.11 Å². The van der Waals surface area contributed by atoms with E-state index in [1.165, 1.54) is 11.1 Å². The van der Waals surface area contributed by atoms with E-state index in [1.807, 2.05) is 30.5 Å². The molecule has 3 rings (SSSR count). The Labute approximate surface area is 113 Å². The lowest BCUT2D eigenvalue weighted by atomic mass is 9.88. The Hall–Kier alpha value is -1.87. The molecule has 0 aliphatic heterocycles. The lowest BCUT2D eigenvalue weighted by Crippen LogP contribution is -2.36. The Morgan fingerprint density at radius 3 is 2.95 bits per heavy atom. The topological polar surface area (TPSA) is 48.1 Å². The second-order valence-corrected chi connectivity index (χ2v) is 5.18. The lowest BCUT2D eigenvalue weighted by molar-refractivity contribution is 0.406. The molecule has 1 aliphatic rings. The summed E-state index contributed by atoms with van der Waals surface area (Å²) in [5.41, 5.74) is 9.89. The van der Waals surface area contributed by atoms with Gasteiger partial charge in [-0.3, -0.25) is 4.98 Å². The van der Waals surface area contributed by atoms with E-state index in [0.29, 0.717) is 0 Å². The SMILES string of the molecule is COc1ccc2c(c1)C(N)(Cc1ccccn1)CC2. The van der Waals surface area contributed by atoms with Crippen molar-refractivity contribution in [1.82, 2.24) is 4.98 Å². The van der Waals surface area contributed by atoms with Crippen LogP contribution in [0.2, 0.25) is 0 Å². The van der Waals surface area contributed by atoms with Crippen molar-refractivity contribution in [2.24, 2.45) is 5.73 Å². The molecule has 0 amide bonds. The van der Waals surface area contributed by atoms with Crippen molar-refractivity contribution in [3.8, 4) is 5.75 Å². The Morgan fingerprint density at radius 1 is 1.32 bits per heavy atom. The quantitative estimate of drug-likeness (QED) is 0.915. The molecule has 1 unspecified atom stereocenters. The van der Waals surface area contributed by atoms with Crippen LogP contribution in [0.15, 0.2) is 42.6 Å². The van der Waals surface area contributed by atoms with Crippen LogP contribution in [0.4, 0.5) is 0 Å². The molecule has 1 aromatic heterocycles. The van der Waals surface area contributed by atoms with Gasteiger partial charge in [0.15, 0.2) is 0 Å². The zero-order valence-electron chi connectivity index (χ0n) is 11.1. The molecule has 0 radical (unpaired) electrons. The number of methoxy groups -OCH3 is 1. The zero-order valence-corrected chi connectivity index (χ0v) is 11.1. The van der Waals surface area contributed by atoms with E-state index in [2.05, 4.69) is 17.1 Å². The molecule has 3 heteroatoms. The van der Waals surface area contributed by atoms with Gasteiger partial charge in [0.1, 0.15) is 5.75 Å². The Balaban J connectivity index is 1.95. The van der Waals surface area contributed by atoms with Crippen LogP contribution in [-0.4, -0.2) is 12.1 Å². The van der Waals surface area contributed by atoms with Crippen LogP contribution >= 0.6 is 0 Å². The molecule has 0 saturated heterocycles. The fourth-order valence-electron chi connectivity index (χ4n) is 2.87. The molecule has 0 saturated carbocycles. The van der Waals surface area contributed by atoms with Gasteiger partial charge in [-0.1, -0.05) is 12.1 Å². The summed E-state index contributed by atoms with van der Waals surface area (Å²) in [6, 6.07) is 12.2. The highest BCUT2D eigenvalue weighted by atomic mass is 16.5. The number of hydrogen-bond acceptors (Lipinski definition) is 3. The van der Waals surface area contributed by atoms with Crippen LogP contribution in [0, 0.1) is 0 Å². The van der Waals surface area contributed by atoms with Crippen molar-refractivity contribution < 1.29 is 4.74 Å².